The molecule has 0 radical (unpaired) electrons. The van der Waals surface area contributed by atoms with Crippen molar-refractivity contribution in [2.45, 2.75) is 13.3 Å². The summed E-state index contributed by atoms with van der Waals surface area (Å²) in [5, 5.41) is 8.87. The highest BCUT2D eigenvalue weighted by molar-refractivity contribution is 5.27. The van der Waals surface area contributed by atoms with Crippen LogP contribution in [0.25, 0.3) is 0 Å². The van der Waals surface area contributed by atoms with Gasteiger partial charge in [-0.2, -0.15) is 0 Å². The Bertz CT molecular complexity index is 241. The summed E-state index contributed by atoms with van der Waals surface area (Å²) >= 11 is 0. The van der Waals surface area contributed by atoms with Gasteiger partial charge < -0.3 is 9.84 Å². The first-order valence-corrected chi connectivity index (χ1v) is 4.50. The molecule has 1 atom stereocenters. The van der Waals surface area contributed by atoms with Crippen molar-refractivity contribution in [1.29, 1.82) is 0 Å². The molecule has 1 rings (SSSR count). The van der Waals surface area contributed by atoms with Gasteiger partial charge in [-0.15, -0.1) is 0 Å². The second kappa shape index (κ2) is 4.87. The van der Waals surface area contributed by atoms with Crippen LogP contribution in [-0.2, 0) is 6.42 Å². The van der Waals surface area contributed by atoms with Gasteiger partial charge in [-0.3, -0.25) is 0 Å². The summed E-state index contributed by atoms with van der Waals surface area (Å²) in [5.74, 6) is 1.20. The Balaban J connectivity index is 2.58. The lowest BCUT2D eigenvalue weighted by atomic mass is 10.0. The van der Waals surface area contributed by atoms with Gasteiger partial charge in [0, 0.05) is 6.61 Å². The van der Waals surface area contributed by atoms with E-state index in [2.05, 4.69) is 0 Å². The zero-order valence-corrected chi connectivity index (χ0v) is 8.16. The number of hydrogen-bond donors (Lipinski definition) is 1. The van der Waals surface area contributed by atoms with Crippen LogP contribution in [0.3, 0.4) is 0 Å². The normalized spacial score (nSPS) is 12.5. The van der Waals surface area contributed by atoms with E-state index in [0.29, 0.717) is 5.92 Å². The first kappa shape index (κ1) is 10.1. The van der Waals surface area contributed by atoms with E-state index in [1.165, 1.54) is 5.56 Å². The number of rotatable bonds is 4. The first-order valence-electron chi connectivity index (χ1n) is 4.50. The van der Waals surface area contributed by atoms with Crippen molar-refractivity contribution >= 4 is 0 Å². The predicted octanol–water partition coefficient (Wildman–Crippen LogP) is 1.87. The summed E-state index contributed by atoms with van der Waals surface area (Å²) in [7, 11) is 1.66. The van der Waals surface area contributed by atoms with Gasteiger partial charge in [0.2, 0.25) is 0 Å². The lowest BCUT2D eigenvalue weighted by molar-refractivity contribution is 0.237. The van der Waals surface area contributed by atoms with Crippen LogP contribution in [0.4, 0.5) is 0 Å². The predicted molar refractivity (Wildman–Crippen MR) is 52.9 cm³/mol. The summed E-state index contributed by atoms with van der Waals surface area (Å²) in [6.07, 6.45) is 0.917. The Hall–Kier alpha value is -1.02. The average Bonchev–Trinajstić information content (AvgIpc) is 2.19. The molecule has 0 aliphatic heterocycles. The fourth-order valence-electron chi connectivity index (χ4n) is 1.23. The summed E-state index contributed by atoms with van der Waals surface area (Å²) in [6, 6.07) is 7.95. The van der Waals surface area contributed by atoms with Crippen molar-refractivity contribution in [2.75, 3.05) is 13.7 Å². The van der Waals surface area contributed by atoms with E-state index in [1.54, 1.807) is 7.11 Å². The van der Waals surface area contributed by atoms with Crippen LogP contribution in [0, 0.1) is 5.92 Å². The third-order valence-corrected chi connectivity index (χ3v) is 2.05. The van der Waals surface area contributed by atoms with Gasteiger partial charge >= 0.3 is 0 Å². The highest BCUT2D eigenvalue weighted by Gasteiger charge is 2.01. The maximum atomic E-state index is 8.87. The van der Waals surface area contributed by atoms with E-state index >= 15 is 0 Å². The fraction of sp³-hybridized carbons (Fsp3) is 0.455. The lowest BCUT2D eigenvalue weighted by Crippen LogP contribution is -2.04. The molecule has 0 fully saturated rings. The summed E-state index contributed by atoms with van der Waals surface area (Å²) in [6.45, 7) is 2.27. The third kappa shape index (κ3) is 3.07. The largest absolute Gasteiger partial charge is 0.497 e. The Morgan fingerprint density at radius 1 is 1.31 bits per heavy atom. The van der Waals surface area contributed by atoms with E-state index in [0.717, 1.165) is 12.2 Å². The summed E-state index contributed by atoms with van der Waals surface area (Å²) in [5.41, 5.74) is 1.24. The number of aliphatic hydroxyl groups is 1. The molecule has 0 aromatic heterocycles. The Morgan fingerprint density at radius 3 is 2.38 bits per heavy atom. The summed E-state index contributed by atoms with van der Waals surface area (Å²) < 4.78 is 5.05. The fourth-order valence-corrected chi connectivity index (χ4v) is 1.23. The zero-order chi connectivity index (χ0) is 9.68. The van der Waals surface area contributed by atoms with Gasteiger partial charge in [-0.25, -0.2) is 0 Å². The molecule has 2 heteroatoms. The quantitative estimate of drug-likeness (QED) is 0.766. The molecule has 0 unspecified atom stereocenters. The van der Waals surface area contributed by atoms with E-state index in [4.69, 9.17) is 9.84 Å². The molecule has 1 aromatic rings. The van der Waals surface area contributed by atoms with Crippen molar-refractivity contribution in [1.82, 2.24) is 0 Å². The van der Waals surface area contributed by atoms with Crippen LogP contribution in [0.15, 0.2) is 24.3 Å². The molecule has 0 amide bonds. The van der Waals surface area contributed by atoms with Crippen LogP contribution < -0.4 is 4.74 Å². The van der Waals surface area contributed by atoms with E-state index in [-0.39, 0.29) is 6.61 Å². The number of benzene rings is 1. The minimum absolute atomic E-state index is 0.242. The molecule has 0 bridgehead atoms. The maximum Gasteiger partial charge on any atom is 0.118 e. The second-order valence-corrected chi connectivity index (χ2v) is 3.34. The molecule has 2 nitrogen and oxygen atoms in total. The van der Waals surface area contributed by atoms with Crippen LogP contribution in [-0.4, -0.2) is 18.8 Å². The molecule has 0 saturated heterocycles. The van der Waals surface area contributed by atoms with Gasteiger partial charge in [-0.1, -0.05) is 19.1 Å². The molecule has 0 aliphatic rings. The highest BCUT2D eigenvalue weighted by atomic mass is 16.5. The van der Waals surface area contributed by atoms with Crippen LogP contribution in [0.1, 0.15) is 12.5 Å². The minimum Gasteiger partial charge on any atom is -0.497 e. The molecule has 72 valence electrons. The third-order valence-electron chi connectivity index (χ3n) is 2.05. The van der Waals surface area contributed by atoms with Gasteiger partial charge in [0.25, 0.3) is 0 Å². The molecule has 0 aliphatic carbocycles. The van der Waals surface area contributed by atoms with Crippen molar-refractivity contribution in [2.24, 2.45) is 5.92 Å². The van der Waals surface area contributed by atoms with E-state index < -0.39 is 0 Å². The van der Waals surface area contributed by atoms with Gasteiger partial charge in [-0.05, 0) is 30.0 Å². The van der Waals surface area contributed by atoms with Gasteiger partial charge in [0.15, 0.2) is 0 Å². The van der Waals surface area contributed by atoms with Crippen LogP contribution in [0.5, 0.6) is 5.75 Å². The standard InChI is InChI=1S/C11H16O2/c1-9(8-12)7-10-3-5-11(13-2)6-4-10/h3-6,9,12H,7-8H2,1-2H3/t9-/m1/s1. The van der Waals surface area contributed by atoms with E-state index in [1.807, 2.05) is 31.2 Å². The molecule has 1 N–H and O–H groups in total. The average molecular weight is 180 g/mol. The zero-order valence-electron chi connectivity index (χ0n) is 8.16. The Morgan fingerprint density at radius 2 is 1.92 bits per heavy atom. The van der Waals surface area contributed by atoms with Crippen molar-refractivity contribution in [3.8, 4) is 5.75 Å². The topological polar surface area (TPSA) is 29.5 Å². The summed E-state index contributed by atoms with van der Waals surface area (Å²) in [4.78, 5) is 0. The molecule has 13 heavy (non-hydrogen) atoms. The Kier molecular flexibility index (Phi) is 3.77. The monoisotopic (exact) mass is 180 g/mol. The molecule has 0 saturated carbocycles. The second-order valence-electron chi connectivity index (χ2n) is 3.34. The number of aliphatic hydroxyl groups excluding tert-OH is 1. The van der Waals surface area contributed by atoms with Crippen LogP contribution in [0.2, 0.25) is 0 Å². The van der Waals surface area contributed by atoms with Gasteiger partial charge in [0.05, 0.1) is 7.11 Å². The van der Waals surface area contributed by atoms with Crippen molar-refractivity contribution in [3.63, 3.8) is 0 Å². The van der Waals surface area contributed by atoms with Crippen molar-refractivity contribution < 1.29 is 9.84 Å². The number of hydrogen-bond acceptors (Lipinski definition) is 2. The van der Waals surface area contributed by atoms with Gasteiger partial charge in [0.1, 0.15) is 5.75 Å². The van der Waals surface area contributed by atoms with Crippen molar-refractivity contribution in [3.05, 3.63) is 29.8 Å². The highest BCUT2D eigenvalue weighted by Crippen LogP contribution is 2.14. The lowest BCUT2D eigenvalue weighted by Gasteiger charge is -2.07. The smallest absolute Gasteiger partial charge is 0.118 e. The molecule has 0 spiro atoms. The minimum atomic E-state index is 0.242. The van der Waals surface area contributed by atoms with Crippen LogP contribution >= 0.6 is 0 Å². The number of ether oxygens (including phenoxy) is 1. The molecular formula is C11H16O2. The SMILES string of the molecule is COc1ccc(C[C@@H](C)CO)cc1. The van der Waals surface area contributed by atoms with E-state index in [9.17, 15) is 0 Å². The Labute approximate surface area is 79.2 Å². The maximum absolute atomic E-state index is 8.87. The molecular weight excluding hydrogens is 164 g/mol. The number of methoxy groups -OCH3 is 1. The first-order chi connectivity index (χ1) is 6.26. The molecule has 0 heterocycles. The molecule has 1 aromatic carbocycles.